The molecule has 6 heteroatoms. The Bertz CT molecular complexity index is 865. The molecule has 1 unspecified atom stereocenters. The number of aliphatic imine (C=N–C) groups is 1. The summed E-state index contributed by atoms with van der Waals surface area (Å²) in [6.07, 6.45) is 0.529. The second-order valence-corrected chi connectivity index (χ2v) is 6.70. The third-order valence-electron chi connectivity index (χ3n) is 4.59. The van der Waals surface area contributed by atoms with Gasteiger partial charge in [0.05, 0.1) is 0 Å². The molecular formula is C19H20ClN3O2. The first-order valence-corrected chi connectivity index (χ1v) is 8.38. The normalized spacial score (nSPS) is 20.1. The van der Waals surface area contributed by atoms with Gasteiger partial charge in [-0.05, 0) is 53.8 Å². The van der Waals surface area contributed by atoms with E-state index in [-0.39, 0.29) is 18.5 Å². The molecule has 2 aromatic rings. The predicted octanol–water partition coefficient (Wildman–Crippen LogP) is 2.54. The monoisotopic (exact) mass is 357 g/mol. The van der Waals surface area contributed by atoms with Crippen LogP contribution in [0.5, 0.6) is 0 Å². The van der Waals surface area contributed by atoms with E-state index in [4.69, 9.17) is 17.3 Å². The van der Waals surface area contributed by atoms with E-state index in [0.29, 0.717) is 11.4 Å². The second-order valence-electron chi connectivity index (χ2n) is 6.26. The number of benzene rings is 2. The van der Waals surface area contributed by atoms with E-state index in [1.807, 2.05) is 42.5 Å². The fraction of sp³-hybridized carbons (Fsp3) is 0.263. The number of nitrogens with zero attached hydrogens (tertiary/aromatic N) is 2. The summed E-state index contributed by atoms with van der Waals surface area (Å²) in [5.41, 5.74) is 8.39. The molecule has 1 aliphatic rings. The first-order chi connectivity index (χ1) is 11.9. The van der Waals surface area contributed by atoms with Crippen molar-refractivity contribution in [2.75, 3.05) is 13.7 Å². The lowest BCUT2D eigenvalue weighted by atomic mass is 9.88. The van der Waals surface area contributed by atoms with E-state index in [9.17, 15) is 9.90 Å². The topological polar surface area (TPSA) is 78.9 Å². The molecule has 0 aromatic heterocycles. The Balaban J connectivity index is 2.10. The lowest BCUT2D eigenvalue weighted by Crippen LogP contribution is -2.38. The standard InChI is InChI=1S/C19H20ClN3O2/c1-19(17(25)23(2)18(21)22-19)14-5-3-4-13(10-14)16-11-15(20)7-6-12(16)8-9-24/h3-7,10-11,24H,8-9H2,1-2H3,(H2,21,22). The molecule has 25 heavy (non-hydrogen) atoms. The zero-order valence-electron chi connectivity index (χ0n) is 14.2. The van der Waals surface area contributed by atoms with Crippen molar-refractivity contribution in [3.8, 4) is 11.1 Å². The summed E-state index contributed by atoms with van der Waals surface area (Å²) >= 11 is 6.16. The Morgan fingerprint density at radius 3 is 2.68 bits per heavy atom. The molecule has 3 rings (SSSR count). The van der Waals surface area contributed by atoms with Gasteiger partial charge in [-0.15, -0.1) is 0 Å². The number of carbonyl (C=O) groups excluding carboxylic acids is 1. The number of aliphatic hydroxyl groups is 1. The predicted molar refractivity (Wildman–Crippen MR) is 99.4 cm³/mol. The van der Waals surface area contributed by atoms with E-state index < -0.39 is 5.54 Å². The van der Waals surface area contributed by atoms with Gasteiger partial charge in [0.15, 0.2) is 11.5 Å². The molecule has 0 spiro atoms. The molecule has 2 aromatic carbocycles. The van der Waals surface area contributed by atoms with E-state index in [1.54, 1.807) is 14.0 Å². The zero-order chi connectivity index (χ0) is 18.2. The largest absolute Gasteiger partial charge is 0.396 e. The quantitative estimate of drug-likeness (QED) is 0.882. The molecule has 130 valence electrons. The molecule has 3 N–H and O–H groups in total. The van der Waals surface area contributed by atoms with Crippen LogP contribution >= 0.6 is 11.6 Å². The highest BCUT2D eigenvalue weighted by molar-refractivity contribution is 6.30. The summed E-state index contributed by atoms with van der Waals surface area (Å²) in [7, 11) is 1.62. The smallest absolute Gasteiger partial charge is 0.261 e. The highest BCUT2D eigenvalue weighted by Crippen LogP contribution is 2.35. The van der Waals surface area contributed by atoms with Gasteiger partial charge in [0, 0.05) is 18.7 Å². The Morgan fingerprint density at radius 2 is 2.04 bits per heavy atom. The SMILES string of the molecule is CN1C(=O)C(C)(c2cccc(-c3cc(Cl)ccc3CCO)c2)N=C1N. The highest BCUT2D eigenvalue weighted by Gasteiger charge is 2.43. The van der Waals surface area contributed by atoms with Crippen LogP contribution in [0.2, 0.25) is 5.02 Å². The highest BCUT2D eigenvalue weighted by atomic mass is 35.5. The molecule has 1 amide bonds. The third-order valence-corrected chi connectivity index (χ3v) is 4.83. The number of amides is 1. The maximum absolute atomic E-state index is 12.6. The van der Waals surface area contributed by atoms with Crippen LogP contribution in [0.25, 0.3) is 11.1 Å². The number of rotatable bonds is 4. The minimum Gasteiger partial charge on any atom is -0.396 e. The van der Waals surface area contributed by atoms with Gasteiger partial charge < -0.3 is 10.8 Å². The summed E-state index contributed by atoms with van der Waals surface area (Å²) in [4.78, 5) is 18.3. The Morgan fingerprint density at radius 1 is 1.28 bits per heavy atom. The van der Waals surface area contributed by atoms with Crippen molar-refractivity contribution in [2.24, 2.45) is 10.7 Å². The van der Waals surface area contributed by atoms with Crippen molar-refractivity contribution in [2.45, 2.75) is 18.9 Å². The molecule has 1 aliphatic heterocycles. The molecule has 0 fully saturated rings. The lowest BCUT2D eigenvalue weighted by Gasteiger charge is -2.21. The molecule has 0 saturated heterocycles. The Hall–Kier alpha value is -2.37. The van der Waals surface area contributed by atoms with Gasteiger partial charge in [-0.3, -0.25) is 9.69 Å². The third kappa shape index (κ3) is 3.01. The fourth-order valence-electron chi connectivity index (χ4n) is 3.12. The van der Waals surface area contributed by atoms with Crippen molar-refractivity contribution in [3.05, 3.63) is 58.6 Å². The number of hydrogen-bond acceptors (Lipinski definition) is 4. The van der Waals surface area contributed by atoms with Crippen LogP contribution < -0.4 is 5.73 Å². The number of aliphatic hydroxyl groups excluding tert-OH is 1. The van der Waals surface area contributed by atoms with Gasteiger partial charge in [-0.1, -0.05) is 35.9 Å². The van der Waals surface area contributed by atoms with E-state index >= 15 is 0 Å². The number of nitrogens with two attached hydrogens (primary N) is 1. The summed E-state index contributed by atoms with van der Waals surface area (Å²) in [6.45, 7) is 1.81. The van der Waals surface area contributed by atoms with Crippen molar-refractivity contribution < 1.29 is 9.90 Å². The fourth-order valence-corrected chi connectivity index (χ4v) is 3.29. The van der Waals surface area contributed by atoms with Crippen molar-refractivity contribution >= 4 is 23.5 Å². The van der Waals surface area contributed by atoms with Crippen LogP contribution in [-0.4, -0.2) is 35.5 Å². The summed E-state index contributed by atoms with van der Waals surface area (Å²) in [6, 6.07) is 13.2. The van der Waals surface area contributed by atoms with E-state index in [2.05, 4.69) is 4.99 Å². The number of carbonyl (C=O) groups is 1. The van der Waals surface area contributed by atoms with Crippen LogP contribution in [0.4, 0.5) is 0 Å². The first kappa shape index (κ1) is 17.5. The lowest BCUT2D eigenvalue weighted by molar-refractivity contribution is -0.130. The summed E-state index contributed by atoms with van der Waals surface area (Å²) < 4.78 is 0. The Kier molecular flexibility index (Phi) is 4.54. The maximum Gasteiger partial charge on any atom is 0.261 e. The average molecular weight is 358 g/mol. The number of guanidine groups is 1. The molecule has 0 saturated carbocycles. The maximum atomic E-state index is 12.6. The van der Waals surface area contributed by atoms with Crippen LogP contribution in [-0.2, 0) is 16.8 Å². The minimum atomic E-state index is -1.04. The molecule has 5 nitrogen and oxygen atoms in total. The van der Waals surface area contributed by atoms with Gasteiger partial charge in [0.2, 0.25) is 0 Å². The van der Waals surface area contributed by atoms with Crippen LogP contribution in [0.3, 0.4) is 0 Å². The van der Waals surface area contributed by atoms with Gasteiger partial charge in [-0.2, -0.15) is 0 Å². The van der Waals surface area contributed by atoms with Crippen LogP contribution in [0, 0.1) is 0 Å². The van der Waals surface area contributed by atoms with E-state index in [0.717, 1.165) is 22.3 Å². The number of hydrogen-bond donors (Lipinski definition) is 2. The molecule has 0 aliphatic carbocycles. The van der Waals surface area contributed by atoms with Gasteiger partial charge >= 0.3 is 0 Å². The molecule has 1 heterocycles. The second kappa shape index (κ2) is 6.50. The van der Waals surface area contributed by atoms with Gasteiger partial charge in [0.1, 0.15) is 0 Å². The van der Waals surface area contributed by atoms with E-state index in [1.165, 1.54) is 4.90 Å². The molecule has 0 bridgehead atoms. The molecule has 0 radical (unpaired) electrons. The zero-order valence-corrected chi connectivity index (χ0v) is 14.9. The number of likely N-dealkylation sites (N-methyl/N-ethyl adjacent to an activating group) is 1. The molecule has 1 atom stereocenters. The first-order valence-electron chi connectivity index (χ1n) is 8.00. The van der Waals surface area contributed by atoms with Crippen molar-refractivity contribution in [1.82, 2.24) is 4.90 Å². The Labute approximate surface area is 151 Å². The summed E-state index contributed by atoms with van der Waals surface area (Å²) in [5.74, 6) is 0.0467. The van der Waals surface area contributed by atoms with Crippen LogP contribution in [0.1, 0.15) is 18.1 Å². The number of halogens is 1. The van der Waals surface area contributed by atoms with Crippen molar-refractivity contribution in [1.29, 1.82) is 0 Å². The summed E-state index contributed by atoms with van der Waals surface area (Å²) in [5, 5.41) is 9.92. The van der Waals surface area contributed by atoms with Gasteiger partial charge in [-0.25, -0.2) is 4.99 Å². The molecular weight excluding hydrogens is 338 g/mol. The van der Waals surface area contributed by atoms with Crippen LogP contribution in [0.15, 0.2) is 47.5 Å². The average Bonchev–Trinajstić information content (AvgIpc) is 2.81. The van der Waals surface area contributed by atoms with Crippen molar-refractivity contribution in [3.63, 3.8) is 0 Å². The van der Waals surface area contributed by atoms with Gasteiger partial charge in [0.25, 0.3) is 5.91 Å². The minimum absolute atomic E-state index is 0.0517.